The third-order valence-electron chi connectivity index (χ3n) is 3.96. The highest BCUT2D eigenvalue weighted by Crippen LogP contribution is 2.43. The Kier molecular flexibility index (Phi) is 4.79. The number of methoxy groups -OCH3 is 1. The Morgan fingerprint density at radius 1 is 1.40 bits per heavy atom. The van der Waals surface area contributed by atoms with Gasteiger partial charge in [0.25, 0.3) is 0 Å². The minimum Gasteiger partial charge on any atom is -0.504 e. The molecule has 0 aliphatic carbocycles. The van der Waals surface area contributed by atoms with E-state index in [1.54, 1.807) is 6.07 Å². The van der Waals surface area contributed by atoms with Crippen LogP contribution in [0.1, 0.15) is 15.2 Å². The third kappa shape index (κ3) is 3.12. The van der Waals surface area contributed by atoms with Gasteiger partial charge in [-0.3, -0.25) is 0 Å². The van der Waals surface area contributed by atoms with E-state index in [1.807, 2.05) is 4.90 Å². The average molecular weight is 360 g/mol. The quantitative estimate of drug-likeness (QED) is 0.863. The first kappa shape index (κ1) is 17.1. The van der Waals surface area contributed by atoms with Gasteiger partial charge < -0.3 is 24.6 Å². The number of anilines is 1. The van der Waals surface area contributed by atoms with Crippen LogP contribution in [0.3, 0.4) is 0 Å². The van der Waals surface area contributed by atoms with Crippen LogP contribution < -0.4 is 9.64 Å². The summed E-state index contributed by atoms with van der Waals surface area (Å²) in [5.41, 5.74) is 1.18. The van der Waals surface area contributed by atoms with Crippen LogP contribution >= 0.6 is 11.3 Å². The molecule has 130 valence electrons. The van der Waals surface area contributed by atoms with Gasteiger partial charge in [0.15, 0.2) is 11.5 Å². The summed E-state index contributed by atoms with van der Waals surface area (Å²) in [7, 11) is 1.41. The van der Waals surface area contributed by atoms with Gasteiger partial charge in [-0.2, -0.15) is 5.26 Å². The summed E-state index contributed by atoms with van der Waals surface area (Å²) in [5.74, 6) is -0.926. The lowest BCUT2D eigenvalue weighted by atomic mass is 10.0. The largest absolute Gasteiger partial charge is 0.504 e. The van der Waals surface area contributed by atoms with Gasteiger partial charge in [0.2, 0.25) is 0 Å². The van der Waals surface area contributed by atoms with Gasteiger partial charge in [0.05, 0.1) is 25.9 Å². The van der Waals surface area contributed by atoms with Crippen LogP contribution in [0, 0.1) is 11.3 Å². The van der Waals surface area contributed by atoms with Gasteiger partial charge in [-0.1, -0.05) is 6.07 Å². The molecule has 0 spiro atoms. The summed E-state index contributed by atoms with van der Waals surface area (Å²) in [6, 6.07) is 6.69. The average Bonchev–Trinajstić information content (AvgIpc) is 3.02. The summed E-state index contributed by atoms with van der Waals surface area (Å²) in [4.78, 5) is 13.8. The zero-order valence-electron chi connectivity index (χ0n) is 13.5. The number of hydrogen-bond donors (Lipinski definition) is 2. The van der Waals surface area contributed by atoms with Gasteiger partial charge in [-0.05, 0) is 17.7 Å². The first-order chi connectivity index (χ1) is 12.1. The monoisotopic (exact) mass is 360 g/mol. The maximum atomic E-state index is 11.8. The molecular formula is C17H16N2O5S. The number of morpholine rings is 1. The Labute approximate surface area is 148 Å². The number of carbonyl (C=O) groups is 1. The van der Waals surface area contributed by atoms with Gasteiger partial charge in [0.1, 0.15) is 15.9 Å². The molecule has 1 aromatic carbocycles. The number of carboxylic acids is 1. The second kappa shape index (κ2) is 7.01. The van der Waals surface area contributed by atoms with Gasteiger partial charge in [-0.25, -0.2) is 4.79 Å². The van der Waals surface area contributed by atoms with Crippen molar-refractivity contribution in [3.63, 3.8) is 0 Å². The lowest BCUT2D eigenvalue weighted by Gasteiger charge is -2.27. The fraction of sp³-hybridized carbons (Fsp3) is 0.294. The molecule has 0 bridgehead atoms. The third-order valence-corrected chi connectivity index (χ3v) is 5.20. The van der Waals surface area contributed by atoms with E-state index in [9.17, 15) is 20.3 Å². The number of aromatic carboxylic acids is 1. The number of phenols is 1. The van der Waals surface area contributed by atoms with Crippen LogP contribution in [0.15, 0.2) is 18.2 Å². The minimum absolute atomic E-state index is 0.0507. The fourth-order valence-electron chi connectivity index (χ4n) is 2.77. The molecule has 2 N–H and O–H groups in total. The smallest absolute Gasteiger partial charge is 0.346 e. The molecule has 1 saturated heterocycles. The molecule has 1 aromatic heterocycles. The lowest BCUT2D eigenvalue weighted by molar-refractivity contribution is 0.0703. The maximum Gasteiger partial charge on any atom is 0.346 e. The van der Waals surface area contributed by atoms with Crippen molar-refractivity contribution in [1.82, 2.24) is 0 Å². The van der Waals surface area contributed by atoms with E-state index in [1.165, 1.54) is 19.2 Å². The Bertz CT molecular complexity index is 849. The molecule has 3 rings (SSSR count). The van der Waals surface area contributed by atoms with Gasteiger partial charge in [-0.15, -0.1) is 11.3 Å². The molecular weight excluding hydrogens is 344 g/mol. The molecule has 1 aliphatic rings. The molecule has 2 heterocycles. The first-order valence-electron chi connectivity index (χ1n) is 7.57. The molecule has 0 saturated carbocycles. The van der Waals surface area contributed by atoms with E-state index in [0.717, 1.165) is 11.3 Å². The van der Waals surface area contributed by atoms with Crippen LogP contribution in [0.2, 0.25) is 0 Å². The highest BCUT2D eigenvalue weighted by Gasteiger charge is 2.28. The molecule has 0 atom stereocenters. The minimum atomic E-state index is -1.09. The van der Waals surface area contributed by atoms with Crippen LogP contribution in [-0.2, 0) is 4.74 Å². The number of hydrogen-bond acceptors (Lipinski definition) is 7. The molecule has 25 heavy (non-hydrogen) atoms. The van der Waals surface area contributed by atoms with E-state index < -0.39 is 5.97 Å². The van der Waals surface area contributed by atoms with Crippen molar-refractivity contribution in [1.29, 1.82) is 5.26 Å². The molecule has 0 unspecified atom stereocenters. The predicted octanol–water partition coefficient (Wildman–Crippen LogP) is 2.54. The SMILES string of the molecule is COc1cc(-c2c(C(=O)O)sc(N3CCOCC3)c2C#N)ccc1O. The van der Waals surface area contributed by atoms with Crippen molar-refractivity contribution in [3.8, 4) is 28.7 Å². The number of thiophene rings is 1. The maximum absolute atomic E-state index is 11.8. The summed E-state index contributed by atoms with van der Waals surface area (Å²) in [6.07, 6.45) is 0. The second-order valence-corrected chi connectivity index (χ2v) is 6.39. The zero-order valence-corrected chi connectivity index (χ0v) is 14.3. The number of benzene rings is 1. The highest BCUT2D eigenvalue weighted by atomic mass is 32.1. The Balaban J connectivity index is 2.19. The van der Waals surface area contributed by atoms with E-state index >= 15 is 0 Å². The molecule has 2 aromatic rings. The normalized spacial score (nSPS) is 14.2. The van der Waals surface area contributed by atoms with E-state index in [4.69, 9.17) is 9.47 Å². The number of carboxylic acid groups (broad SMARTS) is 1. The van der Waals surface area contributed by atoms with Crippen molar-refractivity contribution < 1.29 is 24.5 Å². The van der Waals surface area contributed by atoms with Crippen LogP contribution in [0.4, 0.5) is 5.00 Å². The van der Waals surface area contributed by atoms with E-state index in [-0.39, 0.29) is 16.4 Å². The number of rotatable bonds is 4. The number of aromatic hydroxyl groups is 1. The van der Waals surface area contributed by atoms with Crippen LogP contribution in [0.5, 0.6) is 11.5 Å². The summed E-state index contributed by atoms with van der Waals surface area (Å²) in [5, 5.41) is 29.7. The van der Waals surface area contributed by atoms with Crippen molar-refractivity contribution in [3.05, 3.63) is 28.6 Å². The molecule has 1 aliphatic heterocycles. The Hall–Kier alpha value is -2.76. The second-order valence-electron chi connectivity index (χ2n) is 5.39. The van der Waals surface area contributed by atoms with Crippen molar-refractivity contribution in [2.75, 3.05) is 38.3 Å². The lowest BCUT2D eigenvalue weighted by Crippen LogP contribution is -2.36. The van der Waals surface area contributed by atoms with Crippen molar-refractivity contribution in [2.45, 2.75) is 0 Å². The van der Waals surface area contributed by atoms with E-state index in [0.29, 0.717) is 48.0 Å². The zero-order chi connectivity index (χ0) is 18.0. The van der Waals surface area contributed by atoms with Crippen molar-refractivity contribution in [2.24, 2.45) is 0 Å². The molecule has 0 amide bonds. The number of ether oxygens (including phenoxy) is 2. The Morgan fingerprint density at radius 2 is 2.12 bits per heavy atom. The molecule has 8 heteroatoms. The molecule has 1 fully saturated rings. The summed E-state index contributed by atoms with van der Waals surface area (Å²) >= 11 is 1.08. The van der Waals surface area contributed by atoms with Crippen LogP contribution in [-0.4, -0.2) is 49.6 Å². The topological polar surface area (TPSA) is 103 Å². The standard InChI is InChI=1S/C17H16N2O5S/c1-23-13-8-10(2-3-12(13)20)14-11(9-18)16(25-15(14)17(21)22)19-4-6-24-7-5-19/h2-3,8,20H,4-7H2,1H3,(H,21,22). The molecule has 0 radical (unpaired) electrons. The Morgan fingerprint density at radius 3 is 2.72 bits per heavy atom. The number of nitrogens with zero attached hydrogens (tertiary/aromatic N) is 2. The van der Waals surface area contributed by atoms with Gasteiger partial charge >= 0.3 is 5.97 Å². The number of nitriles is 1. The van der Waals surface area contributed by atoms with Crippen molar-refractivity contribution >= 4 is 22.3 Å². The van der Waals surface area contributed by atoms with Gasteiger partial charge in [0, 0.05) is 18.7 Å². The fourth-order valence-corrected chi connectivity index (χ4v) is 3.94. The first-order valence-corrected chi connectivity index (χ1v) is 8.38. The number of phenolic OH excluding ortho intramolecular Hbond substituents is 1. The summed E-state index contributed by atoms with van der Waals surface area (Å²) < 4.78 is 10.4. The highest BCUT2D eigenvalue weighted by molar-refractivity contribution is 7.18. The van der Waals surface area contributed by atoms with Crippen LogP contribution in [0.25, 0.3) is 11.1 Å². The summed E-state index contributed by atoms with van der Waals surface area (Å²) in [6.45, 7) is 2.28. The molecule has 7 nitrogen and oxygen atoms in total. The van der Waals surface area contributed by atoms with E-state index in [2.05, 4.69) is 6.07 Å². The predicted molar refractivity (Wildman–Crippen MR) is 92.7 cm³/mol.